The zero-order valence-corrected chi connectivity index (χ0v) is 40.1. The first-order valence-corrected chi connectivity index (χ1v) is 23.3. The van der Waals surface area contributed by atoms with E-state index < -0.39 is 103 Å². The Morgan fingerprint density at radius 3 is 2.33 bits per heavy atom. The molecule has 386 valence electrons. The largest absolute Gasteiger partial charge is 0.480 e. The predicted octanol–water partition coefficient (Wildman–Crippen LogP) is -1.83. The number of aliphatic hydroxyl groups is 1. The molecule has 9 atom stereocenters. The molecular weight excluding hydrogens is 917 g/mol. The van der Waals surface area contributed by atoms with E-state index in [2.05, 4.69) is 63.3 Å². The maximum absolute atomic E-state index is 14.5. The molecule has 1 aromatic carbocycles. The summed E-state index contributed by atoms with van der Waals surface area (Å²) in [5.74, 6) is -6.81. The number of aromatic nitrogens is 2. The van der Waals surface area contributed by atoms with Crippen LogP contribution in [-0.2, 0) is 60.1 Å². The number of nitrogens with zero attached hydrogens (tertiary/aromatic N) is 2. The van der Waals surface area contributed by atoms with E-state index in [4.69, 9.17) is 26.0 Å². The number of carboxylic acids is 1. The van der Waals surface area contributed by atoms with Gasteiger partial charge in [0.15, 0.2) is 30.2 Å². The lowest BCUT2D eigenvalue weighted by Gasteiger charge is -2.34. The number of hydroxylamine groups is 3. The van der Waals surface area contributed by atoms with Crippen molar-refractivity contribution in [2.75, 3.05) is 18.4 Å². The third kappa shape index (κ3) is 15.1. The lowest BCUT2D eigenvalue weighted by atomic mass is 9.83. The molecular formula is C44H68N14O12. The predicted molar refractivity (Wildman–Crippen MR) is 249 cm³/mol. The number of aromatic amines is 1. The molecule has 16 N–H and O–H groups in total. The van der Waals surface area contributed by atoms with E-state index in [1.165, 1.54) is 18.6 Å². The third-order valence-electron chi connectivity index (χ3n) is 11.8. The zero-order chi connectivity index (χ0) is 51.3. The normalized spacial score (nSPS) is 24.8. The Labute approximate surface area is 404 Å². The quantitative estimate of drug-likeness (QED) is 0.0418. The number of benzene rings is 1. The van der Waals surface area contributed by atoms with Crippen LogP contribution in [0.5, 0.6) is 0 Å². The molecule has 2 aromatic rings. The molecule has 1 unspecified atom stereocenters. The van der Waals surface area contributed by atoms with Gasteiger partial charge < -0.3 is 58.6 Å². The molecule has 26 heteroatoms. The highest BCUT2D eigenvalue weighted by Crippen LogP contribution is 2.42. The smallest absolute Gasteiger partial charge is 0.326 e. The van der Waals surface area contributed by atoms with Crippen LogP contribution >= 0.6 is 0 Å². The van der Waals surface area contributed by atoms with Gasteiger partial charge in [0.2, 0.25) is 29.5 Å². The summed E-state index contributed by atoms with van der Waals surface area (Å²) in [4.78, 5) is 122. The van der Waals surface area contributed by atoms with Gasteiger partial charge in [-0.1, -0.05) is 53.7 Å². The van der Waals surface area contributed by atoms with Gasteiger partial charge in [-0.2, -0.15) is 16.4 Å². The highest BCUT2D eigenvalue weighted by molar-refractivity contribution is 6.05. The Hall–Kier alpha value is -6.29. The fourth-order valence-electron chi connectivity index (χ4n) is 8.12. The summed E-state index contributed by atoms with van der Waals surface area (Å²) in [6.45, 7) is 10.7. The van der Waals surface area contributed by atoms with Crippen LogP contribution in [0.4, 0.5) is 5.69 Å². The van der Waals surface area contributed by atoms with E-state index in [1.54, 1.807) is 26.0 Å². The highest BCUT2D eigenvalue weighted by Gasteiger charge is 2.49. The number of H-pyrrole nitrogens is 1. The average molecular weight is 985 g/mol. The number of guanidine groups is 1. The van der Waals surface area contributed by atoms with Crippen LogP contribution in [0.15, 0.2) is 35.7 Å². The number of imidazole rings is 1. The number of carbonyl (C=O) groups is 7. The van der Waals surface area contributed by atoms with E-state index in [0.29, 0.717) is 24.1 Å². The van der Waals surface area contributed by atoms with Gasteiger partial charge >= 0.3 is 5.97 Å². The lowest BCUT2D eigenvalue weighted by molar-refractivity contribution is -0.213. The molecule has 0 saturated carbocycles. The summed E-state index contributed by atoms with van der Waals surface area (Å²) in [7, 11) is 0. The number of nitrogens with two attached hydrogens (primary N) is 2. The molecule has 4 aliphatic heterocycles. The summed E-state index contributed by atoms with van der Waals surface area (Å²) in [6.07, 6.45) is 0.0482. The fourth-order valence-corrected chi connectivity index (χ4v) is 8.12. The van der Waals surface area contributed by atoms with Crippen LogP contribution in [-0.4, -0.2) is 123 Å². The minimum absolute atomic E-state index is 0.0583. The summed E-state index contributed by atoms with van der Waals surface area (Å²) in [6, 6.07) is -0.216. The number of aliphatic imine (C=N–C) groups is 1. The molecule has 0 radical (unpaired) electrons. The van der Waals surface area contributed by atoms with Crippen molar-refractivity contribution in [2.45, 2.75) is 141 Å². The van der Waals surface area contributed by atoms with Crippen molar-refractivity contribution in [3.05, 3.63) is 47.5 Å². The van der Waals surface area contributed by atoms with Crippen molar-refractivity contribution in [1.82, 2.24) is 53.0 Å². The molecule has 1 saturated heterocycles. The first-order chi connectivity index (χ1) is 33.1. The summed E-state index contributed by atoms with van der Waals surface area (Å²) in [5.41, 5.74) is 18.5. The number of carboxylic acid groups (broad SMARTS) is 1. The molecule has 0 spiro atoms. The number of nitrogens with one attached hydrogen (secondary N) is 10. The Bertz CT molecular complexity index is 2190. The van der Waals surface area contributed by atoms with Crippen LogP contribution in [0.2, 0.25) is 0 Å². The van der Waals surface area contributed by atoms with Crippen LogP contribution < -0.4 is 59.8 Å². The Balaban J connectivity index is 1.46. The summed E-state index contributed by atoms with van der Waals surface area (Å²) >= 11 is 0. The van der Waals surface area contributed by atoms with Crippen LogP contribution in [0.3, 0.4) is 0 Å². The topological polar surface area (TPSA) is 389 Å². The Morgan fingerprint density at radius 1 is 0.943 bits per heavy atom. The number of anilines is 1. The van der Waals surface area contributed by atoms with Gasteiger partial charge in [-0.15, -0.1) is 0 Å². The van der Waals surface area contributed by atoms with E-state index in [-0.39, 0.29) is 73.1 Å². The van der Waals surface area contributed by atoms with Gasteiger partial charge in [-0.3, -0.25) is 48.3 Å². The Morgan fingerprint density at radius 2 is 1.70 bits per heavy atom. The maximum atomic E-state index is 14.5. The molecule has 26 nitrogen and oxygen atoms in total. The lowest BCUT2D eigenvalue weighted by Crippen LogP contribution is -2.57. The van der Waals surface area contributed by atoms with Gasteiger partial charge in [0.1, 0.15) is 24.2 Å². The number of carbonyl (C=O) groups excluding carboxylic acids is 6. The zero-order valence-electron chi connectivity index (χ0n) is 40.1. The monoisotopic (exact) mass is 985 g/mol. The molecule has 0 aliphatic carbocycles. The molecule has 6 amide bonds. The number of hydrogen-bond acceptors (Lipinski definition) is 16. The first-order valence-electron chi connectivity index (χ1n) is 23.3. The third-order valence-corrected chi connectivity index (χ3v) is 11.8. The van der Waals surface area contributed by atoms with Crippen molar-refractivity contribution in [2.24, 2.45) is 34.2 Å². The molecule has 4 bridgehead atoms. The van der Waals surface area contributed by atoms with E-state index in [1.807, 2.05) is 27.7 Å². The van der Waals surface area contributed by atoms with Crippen molar-refractivity contribution in [1.29, 1.82) is 0 Å². The van der Waals surface area contributed by atoms with E-state index >= 15 is 0 Å². The van der Waals surface area contributed by atoms with Crippen LogP contribution in [0.25, 0.3) is 0 Å². The average Bonchev–Trinajstić information content (AvgIpc) is 4.03. The number of aliphatic carboxylic acids is 1. The second-order valence-electron chi connectivity index (χ2n) is 18.7. The number of rotatable bonds is 19. The molecule has 5 heterocycles. The highest BCUT2D eigenvalue weighted by atomic mass is 16.8. The minimum Gasteiger partial charge on any atom is -0.480 e. The minimum atomic E-state index is -2.36. The first kappa shape index (κ1) is 54.6. The number of hydrogen-bond donors (Lipinski definition) is 14. The molecule has 6 rings (SSSR count). The molecule has 1 aromatic heterocycles. The van der Waals surface area contributed by atoms with Gasteiger partial charge in [0, 0.05) is 54.9 Å². The second kappa shape index (κ2) is 25.0. The van der Waals surface area contributed by atoms with Crippen LogP contribution in [0, 0.1) is 17.8 Å². The van der Waals surface area contributed by atoms with Gasteiger partial charge in [0.25, 0.3) is 5.91 Å². The fraction of sp³-hybridized carbons (Fsp3) is 0.614. The maximum Gasteiger partial charge on any atom is 0.326 e. The van der Waals surface area contributed by atoms with E-state index in [0.717, 1.165) is 0 Å². The molecule has 1 fully saturated rings. The number of fused-ring (bicyclic) bond motifs is 12. The van der Waals surface area contributed by atoms with Crippen molar-refractivity contribution >= 4 is 53.1 Å². The Kier molecular flexibility index (Phi) is 19.5. The van der Waals surface area contributed by atoms with Gasteiger partial charge in [-0.05, 0) is 55.1 Å². The van der Waals surface area contributed by atoms with Crippen LogP contribution in [0.1, 0.15) is 103 Å². The van der Waals surface area contributed by atoms with Crippen molar-refractivity contribution in [3.63, 3.8) is 0 Å². The van der Waals surface area contributed by atoms with Crippen molar-refractivity contribution in [3.8, 4) is 0 Å². The molecule has 70 heavy (non-hydrogen) atoms. The SMILES string of the molecule is CC(C)C[C@H]1NO[C@@H](NC(=O)[C@@H]2CCC(=O)N2)[C@@H](C(C)C)c2ccc3c(c2)NC(=O)[C@]3(O)C[C@H](C(=O)N[C@H](CCCN=C(N)N)C(=O)NCC(=O)N[C@H](Cc2cnc[nH]2)C(=O)O)NOC(C(C)C)NO1. The standard InChI is InChI=1S/C44H68N14O12/c1-21(2)14-34-57-70-40(55-37(62)28-11-12-32(59)51-28)35(22(3)4)24-9-10-26-29(15-24)54-42(66)44(26,67)17-31(56-69-39(23(5)6)58-68-34)38(63)53-27(8-7-13-48-43(45)46)36(61)49-19-33(60)52-30(41(64)65)16-25-18-47-20-50-25/h9-10,15,18,20-23,27-28,30-31,34-35,39-40,56-58,67H,7-8,11-14,16-17,19H2,1-6H3,(H,47,50)(H,49,61)(H,51,59)(H,52,60)(H,53,63)(H,54,66)(H,55,62)(H,64,65)(H4,45,46,48)/t27-,28+,30-,31-,34+,35+,39?,40-,44+/m1/s1. The van der Waals surface area contributed by atoms with Gasteiger partial charge in [0.05, 0.1) is 12.9 Å². The summed E-state index contributed by atoms with van der Waals surface area (Å²) < 4.78 is 0. The van der Waals surface area contributed by atoms with Gasteiger partial charge in [-0.25, -0.2) is 9.78 Å². The van der Waals surface area contributed by atoms with E-state index in [9.17, 15) is 43.8 Å². The molecule has 4 aliphatic rings. The second-order valence-corrected chi connectivity index (χ2v) is 18.7. The van der Waals surface area contributed by atoms with Crippen molar-refractivity contribution < 1.29 is 58.3 Å². The number of amides is 6. The summed E-state index contributed by atoms with van der Waals surface area (Å²) in [5, 5.41) is 37.9.